The number of rotatable bonds is 0. The number of cyclic esters (lactones) is 1. The van der Waals surface area contributed by atoms with Gasteiger partial charge in [0.25, 0.3) is 0 Å². The van der Waals surface area contributed by atoms with E-state index in [0.717, 1.165) is 17.6 Å². The number of carbonyl (C=O) groups excluding carboxylic acids is 1. The maximum absolute atomic E-state index is 11.1. The number of allylic oxidation sites excluding steroid dienone is 2. The zero-order valence-electron chi connectivity index (χ0n) is 6.89. The molecule has 0 amide bonds. The number of esters is 1. The summed E-state index contributed by atoms with van der Waals surface area (Å²) in [5, 5.41) is 0. The Morgan fingerprint density at radius 3 is 2.55 bits per heavy atom. The van der Waals surface area contributed by atoms with Gasteiger partial charge in [0.1, 0.15) is 0 Å². The summed E-state index contributed by atoms with van der Waals surface area (Å²) in [7, 11) is 0. The summed E-state index contributed by atoms with van der Waals surface area (Å²) >= 11 is 0. The van der Waals surface area contributed by atoms with Crippen LogP contribution in [0.3, 0.4) is 0 Å². The monoisotopic (exact) mass is 152 g/mol. The molecular formula is C9H12O2. The molecule has 1 fully saturated rings. The summed E-state index contributed by atoms with van der Waals surface area (Å²) in [6.45, 7) is 4.32. The number of hydrogen-bond donors (Lipinski definition) is 0. The van der Waals surface area contributed by atoms with Crippen molar-refractivity contribution in [2.24, 2.45) is 0 Å². The fourth-order valence-corrected chi connectivity index (χ4v) is 1.20. The predicted molar refractivity (Wildman–Crippen MR) is 43.1 cm³/mol. The van der Waals surface area contributed by atoms with Crippen molar-refractivity contribution >= 4 is 5.97 Å². The summed E-state index contributed by atoms with van der Waals surface area (Å²) in [4.78, 5) is 11.1. The molecule has 0 aromatic rings. The third kappa shape index (κ3) is 1.50. The topological polar surface area (TPSA) is 26.3 Å². The Morgan fingerprint density at radius 1 is 1.36 bits per heavy atom. The Labute approximate surface area is 66.5 Å². The summed E-state index contributed by atoms with van der Waals surface area (Å²) in [6.07, 6.45) is 4.62. The fourth-order valence-electron chi connectivity index (χ4n) is 1.20. The van der Waals surface area contributed by atoms with E-state index >= 15 is 0 Å². The van der Waals surface area contributed by atoms with Gasteiger partial charge in [-0.3, -0.25) is 0 Å². The molecule has 0 aromatic heterocycles. The second kappa shape index (κ2) is 3.37. The first-order valence-electron chi connectivity index (χ1n) is 3.78. The molecule has 60 valence electrons. The predicted octanol–water partition coefficient (Wildman–Crippen LogP) is 1.83. The van der Waals surface area contributed by atoms with Gasteiger partial charge in [-0.05, 0) is 19.4 Å². The zero-order valence-corrected chi connectivity index (χ0v) is 6.89. The first kappa shape index (κ1) is 8.05. The molecule has 2 heteroatoms. The van der Waals surface area contributed by atoms with E-state index in [4.69, 9.17) is 4.74 Å². The Bertz CT molecular complexity index is 224. The molecule has 1 aliphatic rings. The molecule has 1 saturated heterocycles. The fraction of sp³-hybridized carbons (Fsp3) is 0.444. The molecular weight excluding hydrogens is 140 g/mol. The highest BCUT2D eigenvalue weighted by Gasteiger charge is 2.19. The highest BCUT2D eigenvalue weighted by Crippen LogP contribution is 2.20. The highest BCUT2D eigenvalue weighted by molar-refractivity contribution is 5.94. The molecule has 0 N–H and O–H groups in total. The number of hydrogen-bond acceptors (Lipinski definition) is 2. The molecule has 0 bridgehead atoms. The molecule has 0 aromatic carbocycles. The molecule has 0 spiro atoms. The average molecular weight is 152 g/mol. The van der Waals surface area contributed by atoms with Gasteiger partial charge >= 0.3 is 5.97 Å². The van der Waals surface area contributed by atoms with Gasteiger partial charge in [0.2, 0.25) is 0 Å². The van der Waals surface area contributed by atoms with E-state index < -0.39 is 0 Å². The minimum absolute atomic E-state index is 0.188. The quantitative estimate of drug-likeness (QED) is 0.391. The van der Waals surface area contributed by atoms with Crippen LogP contribution in [0.15, 0.2) is 23.3 Å². The van der Waals surface area contributed by atoms with Gasteiger partial charge in [0.05, 0.1) is 12.2 Å². The van der Waals surface area contributed by atoms with Crippen molar-refractivity contribution in [2.75, 3.05) is 6.61 Å². The first-order chi connectivity index (χ1) is 5.29. The van der Waals surface area contributed by atoms with Crippen LogP contribution in [-0.2, 0) is 9.53 Å². The molecule has 0 atom stereocenters. The standard InChI is InChI=1S/C9H12O2/c1-3-7-5-6-11-9(10)8(7)4-2/h3-4H,5-6H2,1-2H3/b7-3-,8-4+. The second-order valence-electron chi connectivity index (χ2n) is 2.40. The number of ether oxygens (including phenoxy) is 1. The van der Waals surface area contributed by atoms with E-state index in [2.05, 4.69) is 0 Å². The highest BCUT2D eigenvalue weighted by atomic mass is 16.5. The lowest BCUT2D eigenvalue weighted by Gasteiger charge is -2.16. The van der Waals surface area contributed by atoms with E-state index in [0.29, 0.717) is 6.61 Å². The molecule has 0 aliphatic carbocycles. The third-order valence-electron chi connectivity index (χ3n) is 1.81. The molecule has 1 heterocycles. The van der Waals surface area contributed by atoms with Crippen LogP contribution in [-0.4, -0.2) is 12.6 Å². The van der Waals surface area contributed by atoms with Crippen molar-refractivity contribution in [1.29, 1.82) is 0 Å². The SMILES string of the molecule is C/C=C1/CCOC(=O)/C1=C/C. The Morgan fingerprint density at radius 2 is 2.09 bits per heavy atom. The van der Waals surface area contributed by atoms with E-state index in [9.17, 15) is 4.79 Å². The van der Waals surface area contributed by atoms with Crippen molar-refractivity contribution in [3.8, 4) is 0 Å². The molecule has 2 nitrogen and oxygen atoms in total. The van der Waals surface area contributed by atoms with Crippen molar-refractivity contribution in [3.63, 3.8) is 0 Å². The van der Waals surface area contributed by atoms with Crippen LogP contribution in [0.25, 0.3) is 0 Å². The van der Waals surface area contributed by atoms with Gasteiger partial charge in [0, 0.05) is 6.42 Å². The number of carbonyl (C=O) groups is 1. The lowest BCUT2D eigenvalue weighted by atomic mass is 10.0. The van der Waals surface area contributed by atoms with Crippen LogP contribution in [0.4, 0.5) is 0 Å². The molecule has 0 unspecified atom stereocenters. The first-order valence-corrected chi connectivity index (χ1v) is 3.78. The Hall–Kier alpha value is -1.05. The van der Waals surface area contributed by atoms with Gasteiger partial charge in [-0.25, -0.2) is 4.79 Å². The van der Waals surface area contributed by atoms with Gasteiger partial charge in [-0.15, -0.1) is 0 Å². The van der Waals surface area contributed by atoms with Crippen LogP contribution in [0.5, 0.6) is 0 Å². The lowest BCUT2D eigenvalue weighted by Crippen LogP contribution is -2.17. The van der Waals surface area contributed by atoms with Crippen LogP contribution < -0.4 is 0 Å². The second-order valence-corrected chi connectivity index (χ2v) is 2.40. The third-order valence-corrected chi connectivity index (χ3v) is 1.81. The van der Waals surface area contributed by atoms with Crippen LogP contribution in [0.2, 0.25) is 0 Å². The smallest absolute Gasteiger partial charge is 0.338 e. The van der Waals surface area contributed by atoms with Crippen molar-refractivity contribution < 1.29 is 9.53 Å². The molecule has 1 aliphatic heterocycles. The van der Waals surface area contributed by atoms with E-state index in [1.165, 1.54) is 0 Å². The maximum Gasteiger partial charge on any atom is 0.338 e. The van der Waals surface area contributed by atoms with Gasteiger partial charge in [-0.1, -0.05) is 12.2 Å². The summed E-state index contributed by atoms with van der Waals surface area (Å²) in [5.41, 5.74) is 1.82. The van der Waals surface area contributed by atoms with Crippen molar-refractivity contribution in [3.05, 3.63) is 23.3 Å². The molecule has 1 rings (SSSR count). The lowest BCUT2D eigenvalue weighted by molar-refractivity contribution is -0.139. The zero-order chi connectivity index (χ0) is 8.27. The van der Waals surface area contributed by atoms with E-state index in [-0.39, 0.29) is 5.97 Å². The van der Waals surface area contributed by atoms with Crippen molar-refractivity contribution in [2.45, 2.75) is 20.3 Å². The van der Waals surface area contributed by atoms with Crippen molar-refractivity contribution in [1.82, 2.24) is 0 Å². The molecule has 0 radical (unpaired) electrons. The normalized spacial score (nSPS) is 25.8. The average Bonchev–Trinajstić information content (AvgIpc) is 2.04. The van der Waals surface area contributed by atoms with Crippen LogP contribution >= 0.6 is 0 Å². The molecule has 0 saturated carbocycles. The largest absolute Gasteiger partial charge is 0.462 e. The minimum Gasteiger partial charge on any atom is -0.462 e. The van der Waals surface area contributed by atoms with Gasteiger partial charge < -0.3 is 4.74 Å². The minimum atomic E-state index is -0.188. The van der Waals surface area contributed by atoms with E-state index in [1.807, 2.05) is 19.9 Å². The van der Waals surface area contributed by atoms with Gasteiger partial charge in [-0.2, -0.15) is 0 Å². The molecule has 11 heavy (non-hydrogen) atoms. The Kier molecular flexibility index (Phi) is 2.47. The van der Waals surface area contributed by atoms with E-state index in [1.54, 1.807) is 6.08 Å². The van der Waals surface area contributed by atoms with Crippen LogP contribution in [0.1, 0.15) is 20.3 Å². The summed E-state index contributed by atoms with van der Waals surface area (Å²) in [5.74, 6) is -0.188. The summed E-state index contributed by atoms with van der Waals surface area (Å²) < 4.78 is 4.87. The van der Waals surface area contributed by atoms with Gasteiger partial charge in [0.15, 0.2) is 0 Å². The summed E-state index contributed by atoms with van der Waals surface area (Å²) in [6, 6.07) is 0. The Balaban J connectivity index is 2.90. The van der Waals surface area contributed by atoms with Crippen LogP contribution in [0, 0.1) is 0 Å². The maximum atomic E-state index is 11.1.